The van der Waals surface area contributed by atoms with Crippen molar-refractivity contribution in [3.63, 3.8) is 0 Å². The number of methoxy groups -OCH3 is 2. The third-order valence-corrected chi connectivity index (χ3v) is 5.43. The van der Waals surface area contributed by atoms with Crippen LogP contribution in [0.15, 0.2) is 85.1 Å². The van der Waals surface area contributed by atoms with Crippen LogP contribution in [0.4, 0.5) is 0 Å². The SMILES string of the molecule is COc1cccc(-c2[s+]ncc(-c3ccccc3)c2-c2ccccc2)c1OC. The van der Waals surface area contributed by atoms with E-state index in [1.54, 1.807) is 14.2 Å². The van der Waals surface area contributed by atoms with Gasteiger partial charge < -0.3 is 9.47 Å². The second-order valence-corrected chi connectivity index (χ2v) is 7.02. The summed E-state index contributed by atoms with van der Waals surface area (Å²) < 4.78 is 15.8. The first kappa shape index (κ1) is 18.1. The highest BCUT2D eigenvalue weighted by molar-refractivity contribution is 7.10. The molecule has 0 N–H and O–H groups in total. The van der Waals surface area contributed by atoms with Crippen molar-refractivity contribution in [2.75, 3.05) is 14.2 Å². The van der Waals surface area contributed by atoms with Gasteiger partial charge in [0.1, 0.15) is 0 Å². The highest BCUT2D eigenvalue weighted by atomic mass is 32.1. The lowest BCUT2D eigenvalue weighted by Gasteiger charge is -2.13. The van der Waals surface area contributed by atoms with Crippen molar-refractivity contribution < 1.29 is 9.47 Å². The maximum Gasteiger partial charge on any atom is 0.363 e. The summed E-state index contributed by atoms with van der Waals surface area (Å²) in [7, 11) is 3.32. The third kappa shape index (κ3) is 3.35. The van der Waals surface area contributed by atoms with Gasteiger partial charge in [-0.2, -0.15) is 0 Å². The molecule has 4 heteroatoms. The normalized spacial score (nSPS) is 10.5. The van der Waals surface area contributed by atoms with Crippen LogP contribution >= 0.6 is 11.5 Å². The molecule has 138 valence electrons. The van der Waals surface area contributed by atoms with Crippen LogP contribution in [0.3, 0.4) is 0 Å². The molecule has 0 amide bonds. The van der Waals surface area contributed by atoms with Gasteiger partial charge in [0.2, 0.25) is 0 Å². The first-order valence-electron chi connectivity index (χ1n) is 8.97. The molecule has 1 aromatic heterocycles. The molecule has 0 fully saturated rings. The molecule has 0 unspecified atom stereocenters. The number of hydrogen-bond acceptors (Lipinski definition) is 3. The molecule has 0 aliphatic rings. The van der Waals surface area contributed by atoms with Crippen LogP contribution in [-0.4, -0.2) is 18.6 Å². The first-order chi connectivity index (χ1) is 13.8. The van der Waals surface area contributed by atoms with E-state index in [2.05, 4.69) is 46.8 Å². The van der Waals surface area contributed by atoms with Gasteiger partial charge in [0.25, 0.3) is 4.88 Å². The number of rotatable bonds is 5. The highest BCUT2D eigenvalue weighted by Crippen LogP contribution is 2.46. The van der Waals surface area contributed by atoms with E-state index in [1.807, 2.05) is 42.6 Å². The van der Waals surface area contributed by atoms with E-state index in [1.165, 1.54) is 11.5 Å². The van der Waals surface area contributed by atoms with Crippen LogP contribution in [0.5, 0.6) is 11.5 Å². The second kappa shape index (κ2) is 8.19. The second-order valence-electron chi connectivity index (χ2n) is 6.22. The van der Waals surface area contributed by atoms with Crippen molar-refractivity contribution in [1.82, 2.24) is 4.37 Å². The van der Waals surface area contributed by atoms with Crippen molar-refractivity contribution in [2.45, 2.75) is 0 Å². The summed E-state index contributed by atoms with van der Waals surface area (Å²) in [6.45, 7) is 0. The van der Waals surface area contributed by atoms with Crippen LogP contribution in [0, 0.1) is 0 Å². The molecule has 28 heavy (non-hydrogen) atoms. The van der Waals surface area contributed by atoms with E-state index in [-0.39, 0.29) is 0 Å². The molecule has 3 nitrogen and oxygen atoms in total. The van der Waals surface area contributed by atoms with Gasteiger partial charge in [0, 0.05) is 9.94 Å². The van der Waals surface area contributed by atoms with Crippen LogP contribution in [-0.2, 0) is 0 Å². The molecule has 0 saturated heterocycles. The van der Waals surface area contributed by atoms with Gasteiger partial charge in [-0.1, -0.05) is 66.7 Å². The van der Waals surface area contributed by atoms with E-state index in [9.17, 15) is 0 Å². The fraction of sp³-hybridized carbons (Fsp3) is 0.0833. The number of benzene rings is 3. The lowest BCUT2D eigenvalue weighted by molar-refractivity contribution is 0.356. The predicted octanol–water partition coefficient (Wildman–Crippen LogP) is 6.44. The van der Waals surface area contributed by atoms with E-state index in [0.717, 1.165) is 32.7 Å². The van der Waals surface area contributed by atoms with Gasteiger partial charge >= 0.3 is 11.5 Å². The van der Waals surface area contributed by atoms with Crippen molar-refractivity contribution in [1.29, 1.82) is 0 Å². The van der Waals surface area contributed by atoms with E-state index in [0.29, 0.717) is 11.5 Å². The minimum Gasteiger partial charge on any atom is -0.493 e. The van der Waals surface area contributed by atoms with E-state index < -0.39 is 0 Å². The maximum absolute atomic E-state index is 5.71. The standard InChI is InChI=1S/C24H20NO2S/c1-26-21-15-9-14-19(23(21)27-2)24-22(18-12-7-4-8-13-18)20(16-25-28-24)17-10-5-3-6-11-17/h3-16H,1-2H3/q+1. The molecule has 0 spiro atoms. The monoisotopic (exact) mass is 386 g/mol. The molecule has 0 bridgehead atoms. The molecule has 0 atom stereocenters. The molecule has 0 saturated carbocycles. The van der Waals surface area contributed by atoms with Crippen LogP contribution in [0.25, 0.3) is 32.7 Å². The van der Waals surface area contributed by atoms with Crippen molar-refractivity contribution in [2.24, 2.45) is 0 Å². The molecule has 4 aromatic rings. The minimum atomic E-state index is 0.705. The van der Waals surface area contributed by atoms with Crippen LogP contribution < -0.4 is 9.47 Å². The van der Waals surface area contributed by atoms with Gasteiger partial charge in [-0.05, 0) is 23.3 Å². The Balaban J connectivity index is 2.05. The van der Waals surface area contributed by atoms with Crippen molar-refractivity contribution in [3.8, 4) is 44.2 Å². The Morgan fingerprint density at radius 3 is 2.00 bits per heavy atom. The van der Waals surface area contributed by atoms with Crippen molar-refractivity contribution in [3.05, 3.63) is 85.1 Å². The van der Waals surface area contributed by atoms with Gasteiger partial charge in [-0.25, -0.2) is 0 Å². The quantitative estimate of drug-likeness (QED) is 0.370. The van der Waals surface area contributed by atoms with Gasteiger partial charge in [0.15, 0.2) is 11.5 Å². The van der Waals surface area contributed by atoms with E-state index >= 15 is 0 Å². The minimum absolute atomic E-state index is 0.705. The molecule has 1 heterocycles. The largest absolute Gasteiger partial charge is 0.493 e. The Bertz CT molecular complexity index is 1080. The van der Waals surface area contributed by atoms with Crippen LogP contribution in [0.2, 0.25) is 0 Å². The number of nitrogens with zero attached hydrogens (tertiary/aromatic N) is 1. The Kier molecular flexibility index (Phi) is 5.31. The average molecular weight is 386 g/mol. The molecule has 3 aromatic carbocycles. The predicted molar refractivity (Wildman–Crippen MR) is 116 cm³/mol. The Labute approximate surface area is 169 Å². The third-order valence-electron chi connectivity index (χ3n) is 4.62. The maximum atomic E-state index is 5.71. The van der Waals surface area contributed by atoms with E-state index in [4.69, 9.17) is 9.47 Å². The zero-order chi connectivity index (χ0) is 19.3. The molecular formula is C24H20NO2S+. The summed E-state index contributed by atoms with van der Waals surface area (Å²) in [6.07, 6.45) is 1.94. The molecular weight excluding hydrogens is 366 g/mol. The highest BCUT2D eigenvalue weighted by Gasteiger charge is 2.27. The van der Waals surface area contributed by atoms with Gasteiger partial charge in [-0.15, -0.1) is 0 Å². The number of aromatic nitrogens is 1. The fourth-order valence-electron chi connectivity index (χ4n) is 3.34. The Hall–Kier alpha value is -3.24. The number of para-hydroxylation sites is 1. The average Bonchev–Trinajstić information content (AvgIpc) is 2.79. The van der Waals surface area contributed by atoms with Crippen molar-refractivity contribution >= 4 is 11.5 Å². The number of ether oxygens (including phenoxy) is 2. The smallest absolute Gasteiger partial charge is 0.363 e. The van der Waals surface area contributed by atoms with Gasteiger partial charge in [-0.3, -0.25) is 0 Å². The summed E-state index contributed by atoms with van der Waals surface area (Å²) in [5.41, 5.74) is 5.46. The Morgan fingerprint density at radius 2 is 1.36 bits per heavy atom. The molecule has 0 radical (unpaired) electrons. The number of hydrogen-bond donors (Lipinski definition) is 0. The van der Waals surface area contributed by atoms with Crippen LogP contribution in [0.1, 0.15) is 0 Å². The Morgan fingerprint density at radius 1 is 0.679 bits per heavy atom. The summed E-state index contributed by atoms with van der Waals surface area (Å²) in [5, 5.41) is 0. The van der Waals surface area contributed by atoms with Gasteiger partial charge in [0.05, 0.1) is 31.5 Å². The molecule has 0 aliphatic heterocycles. The summed E-state index contributed by atoms with van der Waals surface area (Å²) in [5.74, 6) is 1.42. The molecule has 0 aliphatic carbocycles. The molecule has 4 rings (SSSR count). The first-order valence-corrected chi connectivity index (χ1v) is 9.75. The summed E-state index contributed by atoms with van der Waals surface area (Å²) in [6, 6.07) is 26.7. The fourth-order valence-corrected chi connectivity index (χ4v) is 4.18. The lowest BCUT2D eigenvalue weighted by Crippen LogP contribution is -1.95. The zero-order valence-corrected chi connectivity index (χ0v) is 16.6. The lowest BCUT2D eigenvalue weighted by atomic mass is 9.94. The summed E-state index contributed by atoms with van der Waals surface area (Å²) >= 11 is 1.46. The zero-order valence-electron chi connectivity index (χ0n) is 15.8. The topological polar surface area (TPSA) is 31.4 Å². The summed E-state index contributed by atoms with van der Waals surface area (Å²) in [4.78, 5) is 1.04.